The van der Waals surface area contributed by atoms with Gasteiger partial charge >= 0.3 is 0 Å². The third-order valence-corrected chi connectivity index (χ3v) is 2.24. The number of nitrogens with zero attached hydrogens (tertiary/aromatic N) is 3. The highest BCUT2D eigenvalue weighted by molar-refractivity contribution is 5.12. The number of hydrogen-bond acceptors (Lipinski definition) is 3. The van der Waals surface area contributed by atoms with E-state index < -0.39 is 24.4 Å². The Labute approximate surface area is 87.1 Å². The predicted molar refractivity (Wildman–Crippen MR) is 49.9 cm³/mol. The molecule has 1 aliphatic rings. The van der Waals surface area contributed by atoms with Crippen molar-refractivity contribution in [3.8, 4) is 0 Å². The van der Waals surface area contributed by atoms with Crippen LogP contribution in [0.1, 0.15) is 29.9 Å². The molecule has 1 aromatic heterocycles. The standard InChI is InChI=1S/C9H11N3O2/c13-10-12-6-2-4-9(12)8-3-1-5-11(14)7-8/h1,3,5,7,9H,2,4,6H2/i1D,3D,5D,7D. The molecule has 5 nitrogen and oxygen atoms in total. The van der Waals surface area contributed by atoms with Gasteiger partial charge in [-0.05, 0) is 18.9 Å². The van der Waals surface area contributed by atoms with Gasteiger partial charge in [-0.15, -0.1) is 4.91 Å². The Morgan fingerprint density at radius 1 is 1.79 bits per heavy atom. The highest BCUT2D eigenvalue weighted by Crippen LogP contribution is 2.30. The van der Waals surface area contributed by atoms with E-state index in [1.165, 1.54) is 5.01 Å². The third-order valence-electron chi connectivity index (χ3n) is 2.24. The summed E-state index contributed by atoms with van der Waals surface area (Å²) in [6.45, 7) is 0.405. The van der Waals surface area contributed by atoms with E-state index in [0.29, 0.717) is 19.4 Å². The maximum atomic E-state index is 11.5. The molecule has 74 valence electrons. The average molecular weight is 197 g/mol. The molecule has 0 saturated carbocycles. The molecule has 0 spiro atoms. The number of pyridine rings is 1. The monoisotopic (exact) mass is 197 g/mol. The van der Waals surface area contributed by atoms with Gasteiger partial charge in [0.2, 0.25) is 0 Å². The molecule has 0 aliphatic carbocycles. The summed E-state index contributed by atoms with van der Waals surface area (Å²) in [6, 6.07) is -1.50. The zero-order chi connectivity index (χ0) is 13.4. The van der Waals surface area contributed by atoms with Crippen molar-refractivity contribution in [1.82, 2.24) is 5.01 Å². The fourth-order valence-corrected chi connectivity index (χ4v) is 1.61. The van der Waals surface area contributed by atoms with Crippen LogP contribution >= 0.6 is 0 Å². The molecule has 1 atom stereocenters. The van der Waals surface area contributed by atoms with E-state index in [1.807, 2.05) is 0 Å². The van der Waals surface area contributed by atoms with E-state index in [0.717, 1.165) is 0 Å². The second-order valence-corrected chi connectivity index (χ2v) is 3.08. The zero-order valence-electron chi connectivity index (χ0n) is 11.4. The van der Waals surface area contributed by atoms with Crippen LogP contribution in [0.4, 0.5) is 0 Å². The van der Waals surface area contributed by atoms with Gasteiger partial charge in [0.15, 0.2) is 12.3 Å². The molecule has 1 unspecified atom stereocenters. The van der Waals surface area contributed by atoms with Crippen LogP contribution in [0.2, 0.25) is 0 Å². The summed E-state index contributed by atoms with van der Waals surface area (Å²) < 4.78 is 30.2. The first kappa shape index (κ1) is 5.29. The fourth-order valence-electron chi connectivity index (χ4n) is 1.61. The number of hydrogen-bond donors (Lipinski definition) is 0. The van der Waals surface area contributed by atoms with Crippen LogP contribution in [0.5, 0.6) is 0 Å². The smallest absolute Gasteiger partial charge is 0.185 e. The van der Waals surface area contributed by atoms with Crippen LogP contribution in [0, 0.1) is 10.1 Å². The lowest BCUT2D eigenvalue weighted by atomic mass is 10.1. The molecule has 5 heteroatoms. The lowest BCUT2D eigenvalue weighted by Gasteiger charge is -2.16. The Kier molecular flexibility index (Phi) is 1.36. The second-order valence-electron chi connectivity index (χ2n) is 3.08. The number of rotatable bonds is 2. The fraction of sp³-hybridized carbons (Fsp3) is 0.444. The van der Waals surface area contributed by atoms with Crippen molar-refractivity contribution in [2.45, 2.75) is 18.9 Å². The summed E-state index contributed by atoms with van der Waals surface area (Å²) in [4.78, 5) is 10.6. The molecule has 14 heavy (non-hydrogen) atoms. The van der Waals surface area contributed by atoms with Crippen molar-refractivity contribution in [3.63, 3.8) is 0 Å². The number of nitroso groups, excluding NO2 is 1. The summed E-state index contributed by atoms with van der Waals surface area (Å²) in [5.41, 5.74) is 0.00287. The molecule has 1 saturated heterocycles. The molecule has 1 aromatic rings. The minimum atomic E-state index is -0.725. The van der Waals surface area contributed by atoms with E-state index in [4.69, 9.17) is 5.48 Å². The van der Waals surface area contributed by atoms with Crippen LogP contribution < -0.4 is 4.73 Å². The Balaban J connectivity index is 2.60. The summed E-state index contributed by atoms with van der Waals surface area (Å²) in [7, 11) is 0. The molecule has 0 aromatic carbocycles. The molecule has 0 bridgehead atoms. The Bertz CT molecular complexity index is 482. The molecule has 1 aliphatic heterocycles. The first-order valence-corrected chi connectivity index (χ1v) is 4.28. The van der Waals surface area contributed by atoms with Gasteiger partial charge < -0.3 is 5.21 Å². The van der Waals surface area contributed by atoms with Gasteiger partial charge in [-0.1, -0.05) is 0 Å². The van der Waals surface area contributed by atoms with Crippen molar-refractivity contribution in [2.75, 3.05) is 6.54 Å². The Hall–Kier alpha value is -1.65. The van der Waals surface area contributed by atoms with Crippen LogP contribution in [0.3, 0.4) is 0 Å². The Morgan fingerprint density at radius 3 is 3.43 bits per heavy atom. The van der Waals surface area contributed by atoms with Gasteiger partial charge in [-0.3, -0.25) is 5.01 Å². The lowest BCUT2D eigenvalue weighted by Crippen LogP contribution is -2.27. The summed E-state index contributed by atoms with van der Waals surface area (Å²) >= 11 is 0. The highest BCUT2D eigenvalue weighted by atomic mass is 16.5. The minimum absolute atomic E-state index is 0.00287. The van der Waals surface area contributed by atoms with Crippen molar-refractivity contribution < 1.29 is 10.2 Å². The maximum absolute atomic E-state index is 11.5. The Morgan fingerprint density at radius 2 is 2.64 bits per heavy atom. The topological polar surface area (TPSA) is 59.6 Å². The van der Waals surface area contributed by atoms with Crippen molar-refractivity contribution in [3.05, 3.63) is 40.1 Å². The van der Waals surface area contributed by atoms with Gasteiger partial charge in [-0.25, -0.2) is 0 Å². The van der Waals surface area contributed by atoms with Gasteiger partial charge in [-0.2, -0.15) is 4.73 Å². The van der Waals surface area contributed by atoms with Crippen molar-refractivity contribution in [1.29, 1.82) is 0 Å². The SMILES string of the molecule is [2H]c1c([2H])c([2H])[n+]([O-])c([2H])c1C1CCCN1N=O. The van der Waals surface area contributed by atoms with E-state index in [9.17, 15) is 10.1 Å². The first-order valence-electron chi connectivity index (χ1n) is 6.28. The normalized spacial score (nSPS) is 25.1. The van der Waals surface area contributed by atoms with E-state index in [2.05, 4.69) is 5.29 Å². The van der Waals surface area contributed by atoms with Crippen LogP contribution in [-0.4, -0.2) is 11.6 Å². The van der Waals surface area contributed by atoms with Crippen LogP contribution in [0.15, 0.2) is 29.7 Å². The van der Waals surface area contributed by atoms with Crippen molar-refractivity contribution in [2.24, 2.45) is 5.29 Å². The predicted octanol–water partition coefficient (Wildman–Crippen LogP) is 1.14. The van der Waals surface area contributed by atoms with Crippen LogP contribution in [-0.2, 0) is 0 Å². The average Bonchev–Trinajstić information content (AvgIpc) is 2.82. The molecule has 0 amide bonds. The van der Waals surface area contributed by atoms with Crippen LogP contribution in [0.25, 0.3) is 0 Å². The second kappa shape index (κ2) is 3.61. The summed E-state index contributed by atoms with van der Waals surface area (Å²) in [5, 5.41) is 15.5. The largest absolute Gasteiger partial charge is 0.619 e. The maximum Gasteiger partial charge on any atom is 0.185 e. The molecule has 0 radical (unpaired) electrons. The molecule has 1 fully saturated rings. The zero-order valence-corrected chi connectivity index (χ0v) is 7.36. The minimum Gasteiger partial charge on any atom is -0.619 e. The third kappa shape index (κ3) is 1.53. The number of aromatic nitrogens is 1. The molecule has 2 heterocycles. The highest BCUT2D eigenvalue weighted by Gasteiger charge is 2.27. The van der Waals surface area contributed by atoms with Gasteiger partial charge in [0, 0.05) is 18.2 Å². The van der Waals surface area contributed by atoms with Gasteiger partial charge in [0.1, 0.15) is 2.74 Å². The molecule has 2 rings (SSSR count). The summed E-state index contributed by atoms with van der Waals surface area (Å²) in [6.07, 6.45) is -0.108. The summed E-state index contributed by atoms with van der Waals surface area (Å²) in [5.74, 6) is 0. The van der Waals surface area contributed by atoms with Gasteiger partial charge in [0.25, 0.3) is 0 Å². The van der Waals surface area contributed by atoms with E-state index >= 15 is 0 Å². The quantitative estimate of drug-likeness (QED) is 0.406. The molecular formula is C9H11N3O2. The lowest BCUT2D eigenvalue weighted by molar-refractivity contribution is -0.606. The van der Waals surface area contributed by atoms with Gasteiger partial charge in [0.05, 0.1) is 14.1 Å². The van der Waals surface area contributed by atoms with Crippen molar-refractivity contribution >= 4 is 0 Å². The first-order chi connectivity index (χ1) is 8.49. The molecular weight excluding hydrogens is 182 g/mol. The van der Waals surface area contributed by atoms with E-state index in [1.54, 1.807) is 0 Å². The molecule has 0 N–H and O–H groups in total. The van der Waals surface area contributed by atoms with E-state index in [-0.39, 0.29) is 16.3 Å².